The number of carbonyl (C=O) groups excluding carboxylic acids is 2. The molecular formula is C17H26O4. The quantitative estimate of drug-likeness (QED) is 0.735. The summed E-state index contributed by atoms with van der Waals surface area (Å²) in [4.78, 5) is 24.6. The van der Waals surface area contributed by atoms with Gasteiger partial charge < -0.3 is 9.47 Å². The van der Waals surface area contributed by atoms with Gasteiger partial charge in [-0.25, -0.2) is 0 Å². The lowest BCUT2D eigenvalue weighted by Gasteiger charge is -2.40. The van der Waals surface area contributed by atoms with E-state index < -0.39 is 11.0 Å². The third-order valence-electron chi connectivity index (χ3n) is 6.57. The SMILES string of the molecule is CC12OC(=O)C3CC(CC31)C2OC(=O)C(C)(C)C(C)(C)C. The van der Waals surface area contributed by atoms with Crippen molar-refractivity contribution < 1.29 is 19.1 Å². The first kappa shape index (κ1) is 14.9. The Morgan fingerprint density at radius 1 is 1.24 bits per heavy atom. The molecule has 118 valence electrons. The minimum Gasteiger partial charge on any atom is -0.457 e. The average Bonchev–Trinajstić information content (AvgIpc) is 2.91. The molecule has 5 atom stereocenters. The fraction of sp³-hybridized carbons (Fsp3) is 0.882. The molecule has 2 saturated carbocycles. The number of hydrogen-bond acceptors (Lipinski definition) is 4. The normalized spacial score (nSPS) is 41.3. The van der Waals surface area contributed by atoms with Crippen LogP contribution in [0.5, 0.6) is 0 Å². The number of rotatable bonds is 2. The Hall–Kier alpha value is -1.06. The molecule has 2 bridgehead atoms. The van der Waals surface area contributed by atoms with Gasteiger partial charge in [-0.3, -0.25) is 9.59 Å². The molecule has 3 rings (SSSR count). The second-order valence-corrected chi connectivity index (χ2v) is 8.75. The van der Waals surface area contributed by atoms with Crippen LogP contribution in [0.4, 0.5) is 0 Å². The number of hydrogen-bond donors (Lipinski definition) is 0. The smallest absolute Gasteiger partial charge is 0.312 e. The van der Waals surface area contributed by atoms with Crippen LogP contribution in [0.3, 0.4) is 0 Å². The Labute approximate surface area is 126 Å². The Morgan fingerprint density at radius 3 is 2.43 bits per heavy atom. The van der Waals surface area contributed by atoms with Gasteiger partial charge in [-0.05, 0) is 39.0 Å². The van der Waals surface area contributed by atoms with Gasteiger partial charge in [0.15, 0.2) is 0 Å². The van der Waals surface area contributed by atoms with Crippen molar-refractivity contribution in [3.05, 3.63) is 0 Å². The van der Waals surface area contributed by atoms with Crippen LogP contribution in [0.25, 0.3) is 0 Å². The Balaban J connectivity index is 1.81. The Kier molecular flexibility index (Phi) is 2.84. The summed E-state index contributed by atoms with van der Waals surface area (Å²) in [7, 11) is 0. The highest BCUT2D eigenvalue weighted by Gasteiger charge is 2.70. The number of carbonyl (C=O) groups is 2. The molecule has 1 saturated heterocycles. The lowest BCUT2D eigenvalue weighted by molar-refractivity contribution is -0.186. The van der Waals surface area contributed by atoms with Crippen LogP contribution in [0.1, 0.15) is 54.4 Å². The van der Waals surface area contributed by atoms with Gasteiger partial charge in [-0.15, -0.1) is 0 Å². The van der Waals surface area contributed by atoms with Crippen LogP contribution >= 0.6 is 0 Å². The molecule has 0 radical (unpaired) electrons. The molecule has 0 N–H and O–H groups in total. The van der Waals surface area contributed by atoms with Gasteiger partial charge >= 0.3 is 11.9 Å². The summed E-state index contributed by atoms with van der Waals surface area (Å²) in [5, 5.41) is 0. The fourth-order valence-electron chi connectivity index (χ4n) is 4.11. The van der Waals surface area contributed by atoms with Gasteiger partial charge in [0.25, 0.3) is 0 Å². The molecule has 0 aromatic rings. The van der Waals surface area contributed by atoms with E-state index in [4.69, 9.17) is 9.47 Å². The van der Waals surface area contributed by atoms with Crippen molar-refractivity contribution in [2.75, 3.05) is 0 Å². The Morgan fingerprint density at radius 2 is 1.86 bits per heavy atom. The second kappa shape index (κ2) is 4.02. The van der Waals surface area contributed by atoms with E-state index in [2.05, 4.69) is 0 Å². The van der Waals surface area contributed by atoms with Gasteiger partial charge in [0.1, 0.15) is 11.7 Å². The summed E-state index contributed by atoms with van der Waals surface area (Å²) < 4.78 is 11.5. The molecule has 21 heavy (non-hydrogen) atoms. The molecule has 0 aromatic heterocycles. The predicted molar refractivity (Wildman–Crippen MR) is 77.3 cm³/mol. The van der Waals surface area contributed by atoms with Crippen LogP contribution in [0, 0.1) is 28.6 Å². The van der Waals surface area contributed by atoms with Crippen LogP contribution in [-0.2, 0) is 19.1 Å². The molecule has 5 unspecified atom stereocenters. The lowest BCUT2D eigenvalue weighted by Crippen LogP contribution is -2.49. The maximum absolute atomic E-state index is 12.7. The standard InChI is InChI=1S/C17H26O4/c1-15(2,3)16(4,5)14(19)20-12-9-7-10-11(8-9)17(12,6)21-13(10)18/h9-12H,7-8H2,1-6H3. The zero-order valence-corrected chi connectivity index (χ0v) is 13.9. The Bertz CT molecular complexity index is 501. The van der Waals surface area contributed by atoms with Crippen LogP contribution < -0.4 is 0 Å². The van der Waals surface area contributed by atoms with Gasteiger partial charge in [-0.2, -0.15) is 0 Å². The van der Waals surface area contributed by atoms with Crippen molar-refractivity contribution in [1.82, 2.24) is 0 Å². The van der Waals surface area contributed by atoms with Crippen molar-refractivity contribution >= 4 is 11.9 Å². The van der Waals surface area contributed by atoms with E-state index in [9.17, 15) is 9.59 Å². The molecule has 0 aromatic carbocycles. The first-order chi connectivity index (χ1) is 9.48. The van der Waals surface area contributed by atoms with Crippen molar-refractivity contribution in [3.8, 4) is 0 Å². The maximum atomic E-state index is 12.7. The van der Waals surface area contributed by atoms with Gasteiger partial charge in [0, 0.05) is 11.8 Å². The molecule has 4 heteroatoms. The van der Waals surface area contributed by atoms with Gasteiger partial charge in [-0.1, -0.05) is 20.8 Å². The van der Waals surface area contributed by atoms with Gasteiger partial charge in [0.05, 0.1) is 11.3 Å². The molecule has 2 aliphatic carbocycles. The zero-order valence-electron chi connectivity index (χ0n) is 13.9. The highest BCUT2D eigenvalue weighted by Crippen LogP contribution is 2.61. The summed E-state index contributed by atoms with van der Waals surface area (Å²) in [6.45, 7) is 11.9. The predicted octanol–water partition coefficient (Wildman–Crippen LogP) is 2.94. The highest BCUT2D eigenvalue weighted by molar-refractivity contribution is 5.79. The monoisotopic (exact) mass is 294 g/mol. The molecule has 1 heterocycles. The highest BCUT2D eigenvalue weighted by atomic mass is 16.6. The summed E-state index contributed by atoms with van der Waals surface area (Å²) >= 11 is 0. The summed E-state index contributed by atoms with van der Waals surface area (Å²) in [5.74, 6) is 0.249. The van der Waals surface area contributed by atoms with E-state index in [1.54, 1.807) is 0 Å². The molecule has 1 aliphatic heterocycles. The number of ether oxygens (including phenoxy) is 2. The summed E-state index contributed by atoms with van der Waals surface area (Å²) in [6, 6.07) is 0. The van der Waals surface area contributed by atoms with E-state index in [1.165, 1.54) is 0 Å². The first-order valence-electron chi connectivity index (χ1n) is 7.92. The zero-order chi connectivity index (χ0) is 15.8. The molecular weight excluding hydrogens is 268 g/mol. The molecule has 3 fully saturated rings. The molecule has 0 spiro atoms. The summed E-state index contributed by atoms with van der Waals surface area (Å²) in [6.07, 6.45) is 1.48. The largest absolute Gasteiger partial charge is 0.457 e. The minimum atomic E-state index is -0.603. The van der Waals surface area contributed by atoms with Crippen molar-refractivity contribution in [1.29, 1.82) is 0 Å². The van der Waals surface area contributed by atoms with Crippen molar-refractivity contribution in [3.63, 3.8) is 0 Å². The maximum Gasteiger partial charge on any atom is 0.312 e. The fourth-order valence-corrected chi connectivity index (χ4v) is 4.11. The lowest BCUT2D eigenvalue weighted by atomic mass is 9.69. The van der Waals surface area contributed by atoms with E-state index in [0.717, 1.165) is 12.8 Å². The summed E-state index contributed by atoms with van der Waals surface area (Å²) in [5.41, 5.74) is -1.36. The van der Waals surface area contributed by atoms with Crippen molar-refractivity contribution in [2.24, 2.45) is 28.6 Å². The van der Waals surface area contributed by atoms with Gasteiger partial charge in [0.2, 0.25) is 0 Å². The van der Waals surface area contributed by atoms with Crippen LogP contribution in [0.2, 0.25) is 0 Å². The second-order valence-electron chi connectivity index (χ2n) is 8.75. The minimum absolute atomic E-state index is 0.0329. The molecule has 0 amide bonds. The third-order valence-corrected chi connectivity index (χ3v) is 6.57. The first-order valence-corrected chi connectivity index (χ1v) is 7.92. The molecule has 3 aliphatic rings. The van der Waals surface area contributed by atoms with Crippen molar-refractivity contribution in [2.45, 2.75) is 66.1 Å². The van der Waals surface area contributed by atoms with E-state index in [1.807, 2.05) is 41.5 Å². The average molecular weight is 294 g/mol. The van der Waals surface area contributed by atoms with E-state index >= 15 is 0 Å². The van der Waals surface area contributed by atoms with E-state index in [-0.39, 0.29) is 41.2 Å². The number of esters is 2. The van der Waals surface area contributed by atoms with E-state index in [0.29, 0.717) is 0 Å². The van der Waals surface area contributed by atoms with Crippen LogP contribution in [0.15, 0.2) is 0 Å². The van der Waals surface area contributed by atoms with Crippen LogP contribution in [-0.4, -0.2) is 23.6 Å². The number of fused-ring (bicyclic) bond motifs is 1. The third kappa shape index (κ3) is 1.80. The molecule has 4 nitrogen and oxygen atoms in total. The topological polar surface area (TPSA) is 52.6 Å².